The summed E-state index contributed by atoms with van der Waals surface area (Å²) >= 11 is 0. The Labute approximate surface area is 106 Å². The van der Waals surface area contributed by atoms with Gasteiger partial charge in [0.05, 0.1) is 6.61 Å². The lowest BCUT2D eigenvalue weighted by molar-refractivity contribution is 0.282. The molecule has 1 aromatic heterocycles. The molecule has 1 aromatic carbocycles. The standard InChI is InChI=1S/C14H13N3O/c15-8-14-7-13(5-6-16-14)17-9-11-1-3-12(10-18)4-2-11/h1-7,18H,9-10H2,(H,16,17). The van der Waals surface area contributed by atoms with Gasteiger partial charge >= 0.3 is 0 Å². The van der Waals surface area contributed by atoms with Gasteiger partial charge in [0.1, 0.15) is 11.8 Å². The van der Waals surface area contributed by atoms with Gasteiger partial charge in [-0.1, -0.05) is 24.3 Å². The molecule has 0 aliphatic carbocycles. The van der Waals surface area contributed by atoms with Gasteiger partial charge < -0.3 is 10.4 Å². The van der Waals surface area contributed by atoms with Gasteiger partial charge in [-0.25, -0.2) is 4.98 Å². The summed E-state index contributed by atoms with van der Waals surface area (Å²) in [6.45, 7) is 0.726. The summed E-state index contributed by atoms with van der Waals surface area (Å²) in [4.78, 5) is 3.91. The summed E-state index contributed by atoms with van der Waals surface area (Å²) in [5, 5.41) is 20.9. The van der Waals surface area contributed by atoms with Crippen molar-refractivity contribution < 1.29 is 5.11 Å². The summed E-state index contributed by atoms with van der Waals surface area (Å²) in [6.07, 6.45) is 1.61. The first-order valence-corrected chi connectivity index (χ1v) is 5.60. The van der Waals surface area contributed by atoms with Gasteiger partial charge in [0.15, 0.2) is 0 Å². The second-order valence-electron chi connectivity index (χ2n) is 3.87. The van der Waals surface area contributed by atoms with E-state index in [4.69, 9.17) is 10.4 Å². The first-order chi connectivity index (χ1) is 8.81. The number of pyridine rings is 1. The second kappa shape index (κ2) is 5.80. The minimum Gasteiger partial charge on any atom is -0.392 e. The predicted molar refractivity (Wildman–Crippen MR) is 68.6 cm³/mol. The highest BCUT2D eigenvalue weighted by Gasteiger charge is 1.97. The maximum Gasteiger partial charge on any atom is 0.142 e. The van der Waals surface area contributed by atoms with E-state index >= 15 is 0 Å². The lowest BCUT2D eigenvalue weighted by atomic mass is 10.1. The highest BCUT2D eigenvalue weighted by atomic mass is 16.3. The van der Waals surface area contributed by atoms with Gasteiger partial charge in [0.25, 0.3) is 0 Å². The number of aromatic nitrogens is 1. The number of benzene rings is 1. The molecule has 0 saturated heterocycles. The molecule has 0 bridgehead atoms. The Hall–Kier alpha value is -2.38. The first-order valence-electron chi connectivity index (χ1n) is 5.60. The van der Waals surface area contributed by atoms with Crippen molar-refractivity contribution in [2.45, 2.75) is 13.2 Å². The van der Waals surface area contributed by atoms with Gasteiger partial charge in [0.2, 0.25) is 0 Å². The van der Waals surface area contributed by atoms with Crippen molar-refractivity contribution in [1.29, 1.82) is 5.26 Å². The van der Waals surface area contributed by atoms with Crippen LogP contribution in [-0.2, 0) is 13.2 Å². The van der Waals surface area contributed by atoms with Gasteiger partial charge in [-0.2, -0.15) is 5.26 Å². The average molecular weight is 239 g/mol. The van der Waals surface area contributed by atoms with Crippen LogP contribution in [0.5, 0.6) is 0 Å². The van der Waals surface area contributed by atoms with E-state index in [1.807, 2.05) is 36.4 Å². The highest BCUT2D eigenvalue weighted by molar-refractivity contribution is 5.46. The lowest BCUT2D eigenvalue weighted by Crippen LogP contribution is -2.00. The number of anilines is 1. The minimum atomic E-state index is 0.0591. The second-order valence-corrected chi connectivity index (χ2v) is 3.87. The summed E-state index contributed by atoms with van der Waals surface area (Å²) in [5.41, 5.74) is 3.28. The molecule has 0 amide bonds. The minimum absolute atomic E-state index is 0.0591. The zero-order valence-corrected chi connectivity index (χ0v) is 9.80. The van der Waals surface area contributed by atoms with E-state index in [0.29, 0.717) is 12.2 Å². The number of hydrogen-bond donors (Lipinski definition) is 2. The summed E-state index contributed by atoms with van der Waals surface area (Å²) in [5.74, 6) is 0. The molecule has 0 radical (unpaired) electrons. The van der Waals surface area contributed by atoms with Crippen LogP contribution in [0.3, 0.4) is 0 Å². The van der Waals surface area contributed by atoms with Gasteiger partial charge in [-0.05, 0) is 23.3 Å². The number of aliphatic hydroxyl groups is 1. The van der Waals surface area contributed by atoms with Crippen molar-refractivity contribution in [1.82, 2.24) is 4.98 Å². The largest absolute Gasteiger partial charge is 0.392 e. The van der Waals surface area contributed by atoms with E-state index < -0.39 is 0 Å². The molecule has 0 spiro atoms. The van der Waals surface area contributed by atoms with E-state index in [1.165, 1.54) is 0 Å². The average Bonchev–Trinajstić information content (AvgIpc) is 2.46. The Morgan fingerprint density at radius 2 is 1.89 bits per heavy atom. The van der Waals surface area contributed by atoms with Crippen molar-refractivity contribution in [2.75, 3.05) is 5.32 Å². The summed E-state index contributed by atoms with van der Waals surface area (Å²) in [6, 6.07) is 13.2. The molecule has 4 heteroatoms. The van der Waals surface area contributed by atoms with Gasteiger partial charge in [-0.3, -0.25) is 0 Å². The third-order valence-electron chi connectivity index (χ3n) is 2.58. The maximum atomic E-state index is 8.94. The van der Waals surface area contributed by atoms with E-state index in [1.54, 1.807) is 12.3 Å². The van der Waals surface area contributed by atoms with Crippen LogP contribution in [0.15, 0.2) is 42.6 Å². The molecule has 2 rings (SSSR count). The van der Waals surface area contributed by atoms with Crippen molar-refractivity contribution in [3.63, 3.8) is 0 Å². The summed E-state index contributed by atoms with van der Waals surface area (Å²) in [7, 11) is 0. The Kier molecular flexibility index (Phi) is 3.90. The maximum absolute atomic E-state index is 8.94. The number of rotatable bonds is 4. The number of nitrogens with one attached hydrogen (secondary N) is 1. The lowest BCUT2D eigenvalue weighted by Gasteiger charge is -2.07. The zero-order valence-electron chi connectivity index (χ0n) is 9.80. The molecule has 0 fully saturated rings. The van der Waals surface area contributed by atoms with Crippen LogP contribution in [-0.4, -0.2) is 10.1 Å². The van der Waals surface area contributed by atoms with Crippen molar-refractivity contribution in [2.24, 2.45) is 0 Å². The molecular weight excluding hydrogens is 226 g/mol. The zero-order chi connectivity index (χ0) is 12.8. The molecular formula is C14H13N3O. The number of nitrogens with zero attached hydrogens (tertiary/aromatic N) is 2. The monoisotopic (exact) mass is 239 g/mol. The topological polar surface area (TPSA) is 68.9 Å². The third-order valence-corrected chi connectivity index (χ3v) is 2.58. The highest BCUT2D eigenvalue weighted by Crippen LogP contribution is 2.10. The molecule has 0 atom stereocenters. The number of aliphatic hydroxyl groups excluding tert-OH is 1. The molecule has 0 aliphatic heterocycles. The predicted octanol–water partition coefficient (Wildman–Crippen LogP) is 2.06. The fourth-order valence-corrected chi connectivity index (χ4v) is 1.57. The molecule has 0 saturated carbocycles. The number of nitriles is 1. The van der Waals surface area contributed by atoms with Crippen LogP contribution in [0.25, 0.3) is 0 Å². The smallest absolute Gasteiger partial charge is 0.142 e. The van der Waals surface area contributed by atoms with Crippen molar-refractivity contribution >= 4 is 5.69 Å². The molecule has 1 heterocycles. The Morgan fingerprint density at radius 1 is 1.17 bits per heavy atom. The molecule has 0 unspecified atom stereocenters. The van der Waals surface area contributed by atoms with E-state index in [-0.39, 0.29) is 6.61 Å². The SMILES string of the molecule is N#Cc1cc(NCc2ccc(CO)cc2)ccn1. The van der Waals surface area contributed by atoms with Crippen LogP contribution < -0.4 is 5.32 Å². The summed E-state index contributed by atoms with van der Waals surface area (Å²) < 4.78 is 0. The Morgan fingerprint density at radius 3 is 2.56 bits per heavy atom. The fraction of sp³-hybridized carbons (Fsp3) is 0.143. The van der Waals surface area contributed by atoms with E-state index in [0.717, 1.165) is 16.8 Å². The van der Waals surface area contributed by atoms with Crippen LogP contribution >= 0.6 is 0 Å². The normalized spacial score (nSPS) is 9.78. The van der Waals surface area contributed by atoms with Crippen molar-refractivity contribution in [3.05, 3.63) is 59.4 Å². The molecule has 2 N–H and O–H groups in total. The Bertz CT molecular complexity index is 558. The number of hydrogen-bond acceptors (Lipinski definition) is 4. The molecule has 18 heavy (non-hydrogen) atoms. The molecule has 0 aliphatic rings. The van der Waals surface area contributed by atoms with Crippen LogP contribution in [0.4, 0.5) is 5.69 Å². The van der Waals surface area contributed by atoms with Crippen molar-refractivity contribution in [3.8, 4) is 6.07 Å². The van der Waals surface area contributed by atoms with Gasteiger partial charge in [-0.15, -0.1) is 0 Å². The van der Waals surface area contributed by atoms with Crippen LogP contribution in [0.1, 0.15) is 16.8 Å². The van der Waals surface area contributed by atoms with Crippen LogP contribution in [0.2, 0.25) is 0 Å². The fourth-order valence-electron chi connectivity index (χ4n) is 1.57. The van der Waals surface area contributed by atoms with E-state index in [2.05, 4.69) is 10.3 Å². The molecule has 2 aromatic rings. The third kappa shape index (κ3) is 3.06. The first kappa shape index (κ1) is 12.1. The van der Waals surface area contributed by atoms with Crippen LogP contribution in [0, 0.1) is 11.3 Å². The van der Waals surface area contributed by atoms with E-state index in [9.17, 15) is 0 Å². The molecule has 4 nitrogen and oxygen atoms in total. The quantitative estimate of drug-likeness (QED) is 0.856. The van der Waals surface area contributed by atoms with Gasteiger partial charge in [0, 0.05) is 18.4 Å². The molecule has 90 valence electrons. The Balaban J connectivity index is 2.00.